The summed E-state index contributed by atoms with van der Waals surface area (Å²) in [4.78, 5) is 16.8. The summed E-state index contributed by atoms with van der Waals surface area (Å²) in [6, 6.07) is 20.5. The maximum Gasteiger partial charge on any atom is 0.262 e. The number of nitrogens with zero attached hydrogens (tertiary/aromatic N) is 1. The molecule has 1 N–H and O–H groups in total. The Morgan fingerprint density at radius 1 is 1.00 bits per heavy atom. The van der Waals surface area contributed by atoms with Gasteiger partial charge in [0.05, 0.1) is 7.11 Å². The van der Waals surface area contributed by atoms with E-state index < -0.39 is 0 Å². The summed E-state index contributed by atoms with van der Waals surface area (Å²) in [5.74, 6) is 2.07. The van der Waals surface area contributed by atoms with E-state index in [1.807, 2.05) is 30.3 Å². The van der Waals surface area contributed by atoms with Crippen molar-refractivity contribution < 1.29 is 18.7 Å². The van der Waals surface area contributed by atoms with Gasteiger partial charge < -0.3 is 19.2 Å². The van der Waals surface area contributed by atoms with Gasteiger partial charge in [-0.3, -0.25) is 4.79 Å². The predicted molar refractivity (Wildman–Crippen MR) is 121 cm³/mol. The highest BCUT2D eigenvalue weighted by atomic mass is 16.5. The zero-order chi connectivity index (χ0) is 21.8. The predicted octanol–water partition coefficient (Wildman–Crippen LogP) is 5.64. The molecule has 0 aliphatic carbocycles. The van der Waals surface area contributed by atoms with E-state index in [4.69, 9.17) is 13.9 Å². The van der Waals surface area contributed by atoms with E-state index in [0.717, 1.165) is 22.4 Å². The van der Waals surface area contributed by atoms with Crippen molar-refractivity contribution in [2.24, 2.45) is 0 Å². The van der Waals surface area contributed by atoms with E-state index >= 15 is 0 Å². The zero-order valence-electron chi connectivity index (χ0n) is 17.7. The molecule has 31 heavy (non-hydrogen) atoms. The van der Waals surface area contributed by atoms with Crippen LogP contribution in [0.3, 0.4) is 0 Å². The Morgan fingerprint density at radius 2 is 1.71 bits per heavy atom. The van der Waals surface area contributed by atoms with Gasteiger partial charge in [-0.05, 0) is 72.1 Å². The Labute approximate surface area is 180 Å². The second-order valence-corrected chi connectivity index (χ2v) is 7.49. The number of methoxy groups -OCH3 is 1. The van der Waals surface area contributed by atoms with Crippen LogP contribution in [0.25, 0.3) is 22.6 Å². The smallest absolute Gasteiger partial charge is 0.262 e. The van der Waals surface area contributed by atoms with Crippen LogP contribution in [0, 0.1) is 0 Å². The first-order valence-electron chi connectivity index (χ1n) is 10.1. The average molecular weight is 416 g/mol. The van der Waals surface area contributed by atoms with E-state index in [1.165, 1.54) is 5.56 Å². The summed E-state index contributed by atoms with van der Waals surface area (Å²) < 4.78 is 16.5. The van der Waals surface area contributed by atoms with Crippen LogP contribution >= 0.6 is 0 Å². The third-order valence-corrected chi connectivity index (χ3v) is 4.92. The SMILES string of the molecule is COc1ccc(OCC(=O)Nc2ccc(-c3nc4cc(C(C)C)ccc4o3)cc2)cc1. The molecule has 1 amide bonds. The minimum Gasteiger partial charge on any atom is -0.497 e. The molecule has 0 unspecified atom stereocenters. The second-order valence-electron chi connectivity index (χ2n) is 7.49. The number of hydrogen-bond acceptors (Lipinski definition) is 5. The van der Waals surface area contributed by atoms with Gasteiger partial charge in [0, 0.05) is 11.3 Å². The summed E-state index contributed by atoms with van der Waals surface area (Å²) in [5.41, 5.74) is 4.34. The lowest BCUT2D eigenvalue weighted by molar-refractivity contribution is -0.118. The fourth-order valence-corrected chi connectivity index (χ4v) is 3.14. The van der Waals surface area contributed by atoms with E-state index in [0.29, 0.717) is 23.2 Å². The van der Waals surface area contributed by atoms with Gasteiger partial charge in [0.1, 0.15) is 17.0 Å². The summed E-state index contributed by atoms with van der Waals surface area (Å²) in [7, 11) is 1.60. The van der Waals surface area contributed by atoms with Crippen LogP contribution in [0.15, 0.2) is 71.1 Å². The number of hydrogen-bond donors (Lipinski definition) is 1. The number of aromatic nitrogens is 1. The molecule has 158 valence electrons. The number of rotatable bonds is 7. The number of amides is 1. The molecule has 6 heteroatoms. The third kappa shape index (κ3) is 4.86. The second kappa shape index (κ2) is 8.92. The molecule has 0 saturated carbocycles. The van der Waals surface area contributed by atoms with E-state index in [9.17, 15) is 4.79 Å². The highest BCUT2D eigenvalue weighted by Crippen LogP contribution is 2.27. The van der Waals surface area contributed by atoms with Crippen LogP contribution in [0.4, 0.5) is 5.69 Å². The quantitative estimate of drug-likeness (QED) is 0.422. The van der Waals surface area contributed by atoms with Gasteiger partial charge in [-0.2, -0.15) is 0 Å². The van der Waals surface area contributed by atoms with Crippen LogP contribution in [0.2, 0.25) is 0 Å². The summed E-state index contributed by atoms with van der Waals surface area (Å²) in [6.07, 6.45) is 0. The molecule has 0 spiro atoms. The standard InChI is InChI=1S/C25H24N2O4/c1-16(2)18-6-13-23-22(14-18)27-25(31-23)17-4-7-19(8-5-17)26-24(28)15-30-21-11-9-20(29-3)10-12-21/h4-14,16H,15H2,1-3H3,(H,26,28). The van der Waals surface area contributed by atoms with Gasteiger partial charge >= 0.3 is 0 Å². The van der Waals surface area contributed by atoms with Crippen molar-refractivity contribution in [3.8, 4) is 23.0 Å². The van der Waals surface area contributed by atoms with E-state index in [-0.39, 0.29) is 12.5 Å². The number of anilines is 1. The minimum atomic E-state index is -0.244. The third-order valence-electron chi connectivity index (χ3n) is 4.92. The fraction of sp³-hybridized carbons (Fsp3) is 0.200. The first-order chi connectivity index (χ1) is 15.0. The number of nitrogens with one attached hydrogen (secondary N) is 1. The summed E-state index contributed by atoms with van der Waals surface area (Å²) >= 11 is 0. The molecule has 0 radical (unpaired) electrons. The summed E-state index contributed by atoms with van der Waals surface area (Å²) in [5, 5.41) is 2.82. The van der Waals surface area contributed by atoms with Crippen molar-refractivity contribution in [3.05, 3.63) is 72.3 Å². The van der Waals surface area contributed by atoms with Crippen molar-refractivity contribution in [2.75, 3.05) is 19.0 Å². The number of carbonyl (C=O) groups excluding carboxylic acids is 1. The molecule has 1 heterocycles. The van der Waals surface area contributed by atoms with Gasteiger partial charge in [-0.1, -0.05) is 19.9 Å². The Hall–Kier alpha value is -3.80. The molecule has 0 aliphatic rings. The minimum absolute atomic E-state index is 0.0859. The number of carbonyl (C=O) groups is 1. The molecule has 4 rings (SSSR count). The van der Waals surface area contributed by atoms with E-state index in [2.05, 4.69) is 36.3 Å². The van der Waals surface area contributed by atoms with Crippen LogP contribution in [-0.2, 0) is 4.79 Å². The fourth-order valence-electron chi connectivity index (χ4n) is 3.14. The van der Waals surface area contributed by atoms with Crippen molar-refractivity contribution >= 4 is 22.7 Å². The lowest BCUT2D eigenvalue weighted by atomic mass is 10.0. The molecule has 0 saturated heterocycles. The lowest BCUT2D eigenvalue weighted by Gasteiger charge is -2.08. The average Bonchev–Trinajstić information content (AvgIpc) is 3.22. The van der Waals surface area contributed by atoms with Crippen molar-refractivity contribution in [3.63, 3.8) is 0 Å². The normalized spacial score (nSPS) is 11.0. The molecule has 1 aromatic heterocycles. The molecular weight excluding hydrogens is 392 g/mol. The highest BCUT2D eigenvalue weighted by Gasteiger charge is 2.11. The van der Waals surface area contributed by atoms with Crippen LogP contribution in [-0.4, -0.2) is 24.6 Å². The number of benzene rings is 3. The Balaban J connectivity index is 1.38. The van der Waals surface area contributed by atoms with Gasteiger partial charge in [-0.15, -0.1) is 0 Å². The van der Waals surface area contributed by atoms with Crippen LogP contribution in [0.1, 0.15) is 25.3 Å². The van der Waals surface area contributed by atoms with Gasteiger partial charge in [0.2, 0.25) is 5.89 Å². The number of oxazole rings is 1. The topological polar surface area (TPSA) is 73.6 Å². The number of fused-ring (bicyclic) bond motifs is 1. The molecular formula is C25H24N2O4. The molecule has 0 bridgehead atoms. The molecule has 0 fully saturated rings. The molecule has 0 aliphatic heterocycles. The monoisotopic (exact) mass is 416 g/mol. The molecule has 4 aromatic rings. The van der Waals surface area contributed by atoms with Crippen molar-refractivity contribution in [2.45, 2.75) is 19.8 Å². The van der Waals surface area contributed by atoms with Crippen molar-refractivity contribution in [1.82, 2.24) is 4.98 Å². The van der Waals surface area contributed by atoms with Gasteiger partial charge in [0.25, 0.3) is 5.91 Å². The maximum atomic E-state index is 12.2. The summed E-state index contributed by atoms with van der Waals surface area (Å²) in [6.45, 7) is 4.21. The molecule has 3 aromatic carbocycles. The Morgan fingerprint density at radius 3 is 2.39 bits per heavy atom. The number of ether oxygens (including phenoxy) is 2. The van der Waals surface area contributed by atoms with Crippen LogP contribution < -0.4 is 14.8 Å². The van der Waals surface area contributed by atoms with E-state index in [1.54, 1.807) is 31.4 Å². The first kappa shape index (κ1) is 20.5. The molecule has 0 atom stereocenters. The van der Waals surface area contributed by atoms with Crippen molar-refractivity contribution in [1.29, 1.82) is 0 Å². The maximum absolute atomic E-state index is 12.2. The Kier molecular flexibility index (Phi) is 5.89. The largest absolute Gasteiger partial charge is 0.497 e. The highest BCUT2D eigenvalue weighted by molar-refractivity contribution is 5.92. The van der Waals surface area contributed by atoms with Gasteiger partial charge in [0.15, 0.2) is 12.2 Å². The Bertz CT molecular complexity index is 1180. The zero-order valence-corrected chi connectivity index (χ0v) is 17.7. The lowest BCUT2D eigenvalue weighted by Crippen LogP contribution is -2.20. The van der Waals surface area contributed by atoms with Crippen LogP contribution in [0.5, 0.6) is 11.5 Å². The molecule has 6 nitrogen and oxygen atoms in total. The first-order valence-corrected chi connectivity index (χ1v) is 10.1. The van der Waals surface area contributed by atoms with Gasteiger partial charge in [-0.25, -0.2) is 4.98 Å².